The molecule has 66 valence electrons. The van der Waals surface area contributed by atoms with Gasteiger partial charge in [0.1, 0.15) is 0 Å². The topological polar surface area (TPSA) is 3.24 Å². The SMILES string of the molecule is CN(C)[SH2+].C[Si-](C)(C)(F)F. The van der Waals surface area contributed by atoms with Gasteiger partial charge in [0, 0.05) is 26.9 Å². The number of hydrogen-bond donors (Lipinski definition) is 0. The van der Waals surface area contributed by atoms with Crippen LogP contribution >= 0.6 is 0 Å². The van der Waals surface area contributed by atoms with Crippen LogP contribution in [0, 0.1) is 0 Å². The molecule has 0 aliphatic rings. The minimum atomic E-state index is -4.25. The van der Waals surface area contributed by atoms with Crippen LogP contribution in [-0.4, -0.2) is 26.4 Å². The first-order chi connectivity index (χ1) is 3.97. The molecule has 0 atom stereocenters. The molecule has 0 aromatic rings. The van der Waals surface area contributed by atoms with Crippen molar-refractivity contribution in [2.75, 3.05) is 14.1 Å². The van der Waals surface area contributed by atoms with Gasteiger partial charge in [-0.3, -0.25) is 0 Å². The Morgan fingerprint density at radius 1 is 1.10 bits per heavy atom. The molecule has 0 N–H and O–H groups in total. The predicted octanol–water partition coefficient (Wildman–Crippen LogP) is 1.69. The third-order valence-corrected chi connectivity index (χ3v) is 0. The molecule has 0 amide bonds. The van der Waals surface area contributed by atoms with Crippen LogP contribution in [0.2, 0.25) is 19.6 Å². The van der Waals surface area contributed by atoms with E-state index in [0.717, 1.165) is 19.6 Å². The van der Waals surface area contributed by atoms with Crippen molar-refractivity contribution in [3.63, 3.8) is 0 Å². The van der Waals surface area contributed by atoms with Gasteiger partial charge in [0.2, 0.25) is 0 Å². The van der Waals surface area contributed by atoms with Gasteiger partial charge in [-0.1, -0.05) is 0 Å². The van der Waals surface area contributed by atoms with Gasteiger partial charge in [0.25, 0.3) is 0 Å². The van der Waals surface area contributed by atoms with E-state index in [2.05, 4.69) is 12.8 Å². The summed E-state index contributed by atoms with van der Waals surface area (Å²) in [5.74, 6) is 0. The van der Waals surface area contributed by atoms with Crippen LogP contribution in [0.3, 0.4) is 0 Å². The maximum atomic E-state index is 11.9. The Morgan fingerprint density at radius 3 is 1.10 bits per heavy atom. The molecular formula is C5H17F2NSSi. The third kappa shape index (κ3) is 3060. The first kappa shape index (κ1) is 13.0. The summed E-state index contributed by atoms with van der Waals surface area (Å²) in [5.41, 5.74) is 0. The quantitative estimate of drug-likeness (QED) is 0.318. The van der Waals surface area contributed by atoms with Crippen molar-refractivity contribution in [3.05, 3.63) is 0 Å². The molecule has 0 spiro atoms. The second-order valence-corrected chi connectivity index (χ2v) is 9.90. The summed E-state index contributed by atoms with van der Waals surface area (Å²) < 4.78 is 25.5. The van der Waals surface area contributed by atoms with Gasteiger partial charge in [-0.15, -0.1) is 4.31 Å². The molecule has 5 heteroatoms. The zero-order chi connectivity index (χ0) is 9.02. The molecule has 10 heavy (non-hydrogen) atoms. The van der Waals surface area contributed by atoms with Gasteiger partial charge in [-0.25, -0.2) is 0 Å². The number of hydrogen-bond acceptors (Lipinski definition) is 1. The maximum absolute atomic E-state index is 11.9. The number of rotatable bonds is 0. The Hall–Kier alpha value is 0.387. The van der Waals surface area contributed by atoms with Crippen LogP contribution in [-0.2, 0) is 12.8 Å². The molecule has 0 unspecified atom stereocenters. The van der Waals surface area contributed by atoms with E-state index >= 15 is 0 Å². The Balaban J connectivity index is 0. The van der Waals surface area contributed by atoms with Crippen molar-refractivity contribution in [1.29, 1.82) is 0 Å². The van der Waals surface area contributed by atoms with Crippen LogP contribution in [0.1, 0.15) is 0 Å². The van der Waals surface area contributed by atoms with Gasteiger partial charge in [0.05, 0.1) is 0 Å². The Kier molecular flexibility index (Phi) is 4.79. The molecule has 0 bridgehead atoms. The summed E-state index contributed by atoms with van der Waals surface area (Å²) in [5, 5.41) is 0. The first-order valence-corrected chi connectivity index (χ1v) is 7.20. The summed E-state index contributed by atoms with van der Waals surface area (Å²) in [7, 11) is -0.423. The van der Waals surface area contributed by atoms with Gasteiger partial charge in [0.15, 0.2) is 0 Å². The second-order valence-electron chi connectivity index (χ2n) is 3.60. The van der Waals surface area contributed by atoms with Crippen molar-refractivity contribution >= 4 is 20.8 Å². The second kappa shape index (κ2) is 3.68. The fourth-order valence-electron chi connectivity index (χ4n) is 0. The summed E-state index contributed by atoms with van der Waals surface area (Å²) in [6.45, 7) is 3.08. The van der Waals surface area contributed by atoms with Gasteiger partial charge in [-0.2, -0.15) is 0 Å². The van der Waals surface area contributed by atoms with Gasteiger partial charge in [-0.05, 0) is 0 Å². The van der Waals surface area contributed by atoms with Crippen molar-refractivity contribution in [3.8, 4) is 0 Å². The summed E-state index contributed by atoms with van der Waals surface area (Å²) in [6, 6.07) is 0. The van der Waals surface area contributed by atoms with E-state index in [1.54, 1.807) is 4.31 Å². The Morgan fingerprint density at radius 2 is 1.10 bits per heavy atom. The zero-order valence-corrected chi connectivity index (χ0v) is 9.20. The summed E-state index contributed by atoms with van der Waals surface area (Å²) >= 11 is 3.15. The molecule has 0 fully saturated rings. The van der Waals surface area contributed by atoms with Crippen molar-refractivity contribution < 1.29 is 8.22 Å². The van der Waals surface area contributed by atoms with E-state index in [1.165, 1.54) is 0 Å². The molecule has 0 saturated heterocycles. The van der Waals surface area contributed by atoms with Crippen molar-refractivity contribution in [1.82, 2.24) is 4.31 Å². The molecular weight excluding hydrogens is 172 g/mol. The monoisotopic (exact) mass is 189 g/mol. The van der Waals surface area contributed by atoms with Crippen molar-refractivity contribution in [2.24, 2.45) is 0 Å². The predicted molar refractivity (Wildman–Crippen MR) is 49.4 cm³/mol. The molecule has 0 radical (unpaired) electrons. The van der Waals surface area contributed by atoms with E-state index in [1.807, 2.05) is 14.1 Å². The fourth-order valence-corrected chi connectivity index (χ4v) is 0. The molecule has 1 nitrogen and oxygen atoms in total. The normalized spacial score (nSPS) is 15.1. The summed E-state index contributed by atoms with van der Waals surface area (Å²) in [4.78, 5) is 0. The van der Waals surface area contributed by atoms with Crippen LogP contribution in [0.4, 0.5) is 8.22 Å². The minimum absolute atomic E-state index is 1.03. The van der Waals surface area contributed by atoms with Crippen LogP contribution in [0.5, 0.6) is 0 Å². The molecule has 0 saturated carbocycles. The molecule has 0 aromatic heterocycles. The Labute approximate surface area is 67.7 Å². The molecule has 0 heterocycles. The van der Waals surface area contributed by atoms with Crippen LogP contribution in [0.25, 0.3) is 0 Å². The zero-order valence-electron chi connectivity index (χ0n) is 7.20. The van der Waals surface area contributed by atoms with Crippen molar-refractivity contribution in [2.45, 2.75) is 19.6 Å². The van der Waals surface area contributed by atoms with Crippen LogP contribution in [0.15, 0.2) is 0 Å². The molecule has 0 rings (SSSR count). The average Bonchev–Trinajstić information content (AvgIpc) is 1.14. The van der Waals surface area contributed by atoms with Crippen LogP contribution < -0.4 is 0 Å². The fraction of sp³-hybridized carbons (Fsp3) is 1.00. The summed E-state index contributed by atoms with van der Waals surface area (Å²) in [6.07, 6.45) is 0. The standard InChI is InChI=1S/C3H9F2Si.C2H7NS/c1-6(2,3,4)5;1-3(2)4/h1-3H3;4H,1-2H3/q-1;/p+1. The van der Waals surface area contributed by atoms with Gasteiger partial charge >= 0.3 is 35.9 Å². The van der Waals surface area contributed by atoms with E-state index in [-0.39, 0.29) is 0 Å². The molecule has 0 aliphatic carbocycles. The van der Waals surface area contributed by atoms with E-state index in [4.69, 9.17) is 0 Å². The van der Waals surface area contributed by atoms with E-state index < -0.39 is 8.02 Å². The third-order valence-electron chi connectivity index (χ3n) is 0. The Bertz CT molecular complexity index is 77.8. The number of nitrogens with zero attached hydrogens (tertiary/aromatic N) is 1. The van der Waals surface area contributed by atoms with E-state index in [9.17, 15) is 8.22 Å². The average molecular weight is 189 g/mol. The molecule has 0 aromatic carbocycles. The van der Waals surface area contributed by atoms with E-state index in [0.29, 0.717) is 0 Å². The number of halogens is 2. The molecule has 0 aliphatic heterocycles. The first-order valence-electron chi connectivity index (χ1n) is 3.00. The van der Waals surface area contributed by atoms with Gasteiger partial charge < -0.3 is 0 Å².